The minimum atomic E-state index is -1.17. The molecule has 0 saturated carbocycles. The number of hydrogen-bond donors (Lipinski definition) is 2. The van der Waals surface area contributed by atoms with Crippen molar-refractivity contribution in [1.82, 2.24) is 14.8 Å². The summed E-state index contributed by atoms with van der Waals surface area (Å²) in [6.45, 7) is 9.82. The van der Waals surface area contributed by atoms with Gasteiger partial charge in [-0.1, -0.05) is 13.8 Å². The number of nitrogens with zero attached hydrogens (tertiary/aromatic N) is 3. The number of rotatable bonds is 5. The predicted molar refractivity (Wildman–Crippen MR) is 102 cm³/mol. The molecule has 0 amide bonds. The van der Waals surface area contributed by atoms with E-state index in [2.05, 4.69) is 24.1 Å². The molecule has 7 nitrogen and oxygen atoms in total. The molecule has 0 radical (unpaired) electrons. The van der Waals surface area contributed by atoms with Crippen LogP contribution in [0.1, 0.15) is 49.5 Å². The highest BCUT2D eigenvalue weighted by Gasteiger charge is 2.29. The number of pyridine rings is 1. The van der Waals surface area contributed by atoms with Gasteiger partial charge in [0.1, 0.15) is 17.2 Å². The van der Waals surface area contributed by atoms with E-state index >= 15 is 0 Å². The molecule has 142 valence electrons. The number of aromatic carboxylic acids is 1. The van der Waals surface area contributed by atoms with Crippen molar-refractivity contribution < 1.29 is 9.90 Å². The third kappa shape index (κ3) is 3.67. The van der Waals surface area contributed by atoms with Gasteiger partial charge in [0.2, 0.25) is 5.43 Å². The molecule has 1 saturated heterocycles. The molecular formula is C19H28N4O3. The summed E-state index contributed by atoms with van der Waals surface area (Å²) in [5.74, 6) is 1.10. The number of hydrogen-bond acceptors (Lipinski definition) is 5. The number of aliphatic imine (C=N–C) groups is 1. The zero-order valence-electron chi connectivity index (χ0n) is 15.8. The number of aryl methyl sites for hydroxylation is 1. The fourth-order valence-corrected chi connectivity index (χ4v) is 3.74. The van der Waals surface area contributed by atoms with Crippen LogP contribution in [0, 0.1) is 5.92 Å². The van der Waals surface area contributed by atoms with Gasteiger partial charge in [-0.3, -0.25) is 4.79 Å². The first kappa shape index (κ1) is 18.6. The molecule has 1 atom stereocenters. The highest BCUT2D eigenvalue weighted by Crippen LogP contribution is 2.27. The summed E-state index contributed by atoms with van der Waals surface area (Å²) in [4.78, 5) is 30.9. The number of fused-ring (bicyclic) bond motifs is 1. The Kier molecular flexibility index (Phi) is 5.46. The lowest BCUT2D eigenvalue weighted by molar-refractivity contribution is 0.0694. The fraction of sp³-hybridized carbons (Fsp3) is 0.632. The van der Waals surface area contributed by atoms with Crippen molar-refractivity contribution in [2.24, 2.45) is 10.9 Å². The van der Waals surface area contributed by atoms with Gasteiger partial charge in [0.25, 0.3) is 0 Å². The van der Waals surface area contributed by atoms with Crippen LogP contribution in [0.3, 0.4) is 0 Å². The minimum Gasteiger partial charge on any atom is -0.477 e. The number of aromatic nitrogens is 1. The van der Waals surface area contributed by atoms with Crippen LogP contribution in [-0.4, -0.2) is 52.1 Å². The summed E-state index contributed by atoms with van der Waals surface area (Å²) in [5.41, 5.74) is -0.0154. The molecule has 7 heteroatoms. The van der Waals surface area contributed by atoms with E-state index in [4.69, 9.17) is 4.99 Å². The van der Waals surface area contributed by atoms with E-state index in [1.165, 1.54) is 6.20 Å². The van der Waals surface area contributed by atoms with Crippen molar-refractivity contribution in [1.29, 1.82) is 0 Å². The third-order valence-corrected chi connectivity index (χ3v) is 5.22. The lowest BCUT2D eigenvalue weighted by Gasteiger charge is -2.26. The van der Waals surface area contributed by atoms with Gasteiger partial charge in [-0.25, -0.2) is 9.79 Å². The number of carboxylic acids is 1. The summed E-state index contributed by atoms with van der Waals surface area (Å²) < 4.78 is 1.78. The SMILES string of the molecule is CCn1cc(C(=O)O)c(=O)c2c1N=C(N1CCC(CNC(C)C)C1)CC2. The van der Waals surface area contributed by atoms with Gasteiger partial charge < -0.3 is 19.9 Å². The second-order valence-corrected chi connectivity index (χ2v) is 7.46. The molecule has 1 aromatic rings. The maximum absolute atomic E-state index is 12.5. The molecule has 2 aliphatic heterocycles. The minimum absolute atomic E-state index is 0.162. The van der Waals surface area contributed by atoms with Crippen molar-refractivity contribution in [3.05, 3.63) is 27.5 Å². The average Bonchev–Trinajstić information content (AvgIpc) is 3.09. The summed E-state index contributed by atoms with van der Waals surface area (Å²) >= 11 is 0. The smallest absolute Gasteiger partial charge is 0.341 e. The van der Waals surface area contributed by atoms with Crippen LogP contribution in [0.25, 0.3) is 0 Å². The van der Waals surface area contributed by atoms with E-state index in [1.54, 1.807) is 4.57 Å². The number of carbonyl (C=O) groups is 1. The normalized spacial score (nSPS) is 19.6. The molecule has 3 rings (SSSR count). The van der Waals surface area contributed by atoms with E-state index < -0.39 is 5.97 Å². The molecule has 2 aliphatic rings. The van der Waals surface area contributed by atoms with Gasteiger partial charge >= 0.3 is 5.97 Å². The quantitative estimate of drug-likeness (QED) is 0.837. The second kappa shape index (κ2) is 7.61. The van der Waals surface area contributed by atoms with Crippen molar-refractivity contribution in [3.63, 3.8) is 0 Å². The second-order valence-electron chi connectivity index (χ2n) is 7.46. The van der Waals surface area contributed by atoms with E-state index in [0.717, 1.165) is 31.9 Å². The van der Waals surface area contributed by atoms with Crippen molar-refractivity contribution in [2.45, 2.75) is 52.6 Å². The number of nitrogens with one attached hydrogen (secondary N) is 1. The van der Waals surface area contributed by atoms with E-state index in [1.807, 2.05) is 6.92 Å². The molecule has 1 aromatic heterocycles. The zero-order valence-corrected chi connectivity index (χ0v) is 15.8. The van der Waals surface area contributed by atoms with Gasteiger partial charge in [-0.2, -0.15) is 0 Å². The van der Waals surface area contributed by atoms with Crippen LogP contribution in [0.4, 0.5) is 5.82 Å². The molecule has 0 aliphatic carbocycles. The molecule has 0 spiro atoms. The first-order valence-electron chi connectivity index (χ1n) is 9.46. The highest BCUT2D eigenvalue weighted by atomic mass is 16.4. The lowest BCUT2D eigenvalue weighted by Crippen LogP contribution is -2.35. The monoisotopic (exact) mass is 360 g/mol. The van der Waals surface area contributed by atoms with Crippen molar-refractivity contribution in [2.75, 3.05) is 19.6 Å². The Balaban J connectivity index is 1.84. The van der Waals surface area contributed by atoms with Gasteiger partial charge in [0.05, 0.1) is 0 Å². The number of carboxylic acid groups (broad SMARTS) is 1. The highest BCUT2D eigenvalue weighted by molar-refractivity contribution is 5.90. The molecule has 1 unspecified atom stereocenters. The Labute approximate surface area is 153 Å². The molecule has 0 bridgehead atoms. The van der Waals surface area contributed by atoms with Crippen LogP contribution in [-0.2, 0) is 13.0 Å². The molecular weight excluding hydrogens is 332 g/mol. The Bertz CT molecular complexity index is 782. The fourth-order valence-electron chi connectivity index (χ4n) is 3.74. The Morgan fingerprint density at radius 2 is 2.19 bits per heavy atom. The van der Waals surface area contributed by atoms with Gasteiger partial charge in [0, 0.05) is 43.9 Å². The zero-order chi connectivity index (χ0) is 18.8. The Morgan fingerprint density at radius 3 is 2.85 bits per heavy atom. The van der Waals surface area contributed by atoms with Crippen LogP contribution in [0.5, 0.6) is 0 Å². The van der Waals surface area contributed by atoms with Crippen molar-refractivity contribution >= 4 is 17.6 Å². The van der Waals surface area contributed by atoms with Gasteiger partial charge in [-0.15, -0.1) is 0 Å². The molecule has 26 heavy (non-hydrogen) atoms. The predicted octanol–water partition coefficient (Wildman–Crippen LogP) is 1.86. The van der Waals surface area contributed by atoms with Crippen LogP contribution >= 0.6 is 0 Å². The van der Waals surface area contributed by atoms with Crippen LogP contribution in [0.2, 0.25) is 0 Å². The van der Waals surface area contributed by atoms with Gasteiger partial charge in [0.15, 0.2) is 0 Å². The topological polar surface area (TPSA) is 86.9 Å². The first-order valence-corrected chi connectivity index (χ1v) is 9.46. The van der Waals surface area contributed by atoms with E-state index in [-0.39, 0.29) is 11.0 Å². The third-order valence-electron chi connectivity index (χ3n) is 5.22. The largest absolute Gasteiger partial charge is 0.477 e. The maximum atomic E-state index is 12.5. The van der Waals surface area contributed by atoms with E-state index in [9.17, 15) is 14.7 Å². The first-order chi connectivity index (χ1) is 12.4. The Morgan fingerprint density at radius 1 is 1.42 bits per heavy atom. The van der Waals surface area contributed by atoms with Crippen molar-refractivity contribution in [3.8, 4) is 0 Å². The maximum Gasteiger partial charge on any atom is 0.341 e. The van der Waals surface area contributed by atoms with Gasteiger partial charge in [-0.05, 0) is 32.2 Å². The van der Waals surface area contributed by atoms with Crippen LogP contribution < -0.4 is 10.7 Å². The Hall–Kier alpha value is -2.15. The standard InChI is InChI=1S/C19H28N4O3/c1-4-22-11-15(19(25)26)17(24)14-5-6-16(21-18(14)22)23-8-7-13(10-23)9-20-12(2)3/h11-13,20H,4-10H2,1-3H3,(H,25,26). The summed E-state index contributed by atoms with van der Waals surface area (Å²) in [5, 5.41) is 12.8. The summed E-state index contributed by atoms with van der Waals surface area (Å²) in [7, 11) is 0. The number of amidine groups is 1. The molecule has 1 fully saturated rings. The van der Waals surface area contributed by atoms with Crippen LogP contribution in [0.15, 0.2) is 16.0 Å². The average molecular weight is 360 g/mol. The number of likely N-dealkylation sites (tertiary alicyclic amines) is 1. The molecule has 2 N–H and O–H groups in total. The summed E-state index contributed by atoms with van der Waals surface area (Å²) in [6.07, 6.45) is 3.82. The van der Waals surface area contributed by atoms with E-state index in [0.29, 0.717) is 42.7 Å². The summed E-state index contributed by atoms with van der Waals surface area (Å²) in [6, 6.07) is 0.491. The lowest BCUT2D eigenvalue weighted by atomic mass is 10.0. The molecule has 3 heterocycles. The molecule has 0 aromatic carbocycles.